The Morgan fingerprint density at radius 1 is 1.47 bits per heavy atom. The molecule has 1 aliphatic rings. The first-order valence-electron chi connectivity index (χ1n) is 4.78. The number of thiophene rings is 1. The van der Waals surface area contributed by atoms with Crippen LogP contribution in [0.5, 0.6) is 0 Å². The predicted molar refractivity (Wildman–Crippen MR) is 71.6 cm³/mol. The number of hydrogen-bond acceptors (Lipinski definition) is 4. The third kappa shape index (κ3) is 3.21. The first kappa shape index (κ1) is 13.3. The van der Waals surface area contributed by atoms with Crippen LogP contribution in [-0.4, -0.2) is 37.2 Å². The molecule has 2 rings (SSSR count). The lowest BCUT2D eigenvalue weighted by atomic mass is 10.2. The van der Waals surface area contributed by atoms with Gasteiger partial charge in [-0.2, -0.15) is 0 Å². The van der Waals surface area contributed by atoms with E-state index in [0.717, 1.165) is 3.79 Å². The first-order chi connectivity index (χ1) is 7.87. The van der Waals surface area contributed by atoms with E-state index in [1.54, 1.807) is 12.1 Å². The molecule has 2 unspecified atom stereocenters. The van der Waals surface area contributed by atoms with Gasteiger partial charge in [-0.15, -0.1) is 22.9 Å². The highest BCUT2D eigenvalue weighted by Crippen LogP contribution is 2.23. The fourth-order valence-corrected chi connectivity index (χ4v) is 5.45. The summed E-state index contributed by atoms with van der Waals surface area (Å²) in [6.45, 7) is 0. The zero-order chi connectivity index (χ0) is 12.6. The van der Waals surface area contributed by atoms with Crippen LogP contribution in [0.15, 0.2) is 15.9 Å². The fraction of sp³-hybridized carbons (Fsp3) is 0.444. The van der Waals surface area contributed by atoms with E-state index in [-0.39, 0.29) is 17.4 Å². The van der Waals surface area contributed by atoms with E-state index in [1.807, 2.05) is 0 Å². The first-order valence-corrected chi connectivity index (χ1v) is 8.65. The van der Waals surface area contributed by atoms with Crippen molar-refractivity contribution in [3.63, 3.8) is 0 Å². The minimum absolute atomic E-state index is 0.0758. The molecule has 1 N–H and O–H groups in total. The van der Waals surface area contributed by atoms with Crippen LogP contribution in [0.4, 0.5) is 0 Å². The Labute approximate surface area is 116 Å². The van der Waals surface area contributed by atoms with Crippen molar-refractivity contribution < 1.29 is 13.2 Å². The van der Waals surface area contributed by atoms with Crippen LogP contribution < -0.4 is 5.32 Å². The Hall–Kier alpha value is -0.110. The van der Waals surface area contributed by atoms with Gasteiger partial charge in [0.1, 0.15) is 0 Å². The molecule has 0 radical (unpaired) electrons. The monoisotopic (exact) mass is 357 g/mol. The molecular weight excluding hydrogens is 350 g/mol. The molecule has 1 aliphatic heterocycles. The van der Waals surface area contributed by atoms with Gasteiger partial charge in [-0.25, -0.2) is 8.42 Å². The lowest BCUT2D eigenvalue weighted by Gasteiger charge is -2.13. The zero-order valence-corrected chi connectivity index (χ0v) is 12.5. The predicted octanol–water partition coefficient (Wildman–Crippen LogP) is 1.64. The topological polar surface area (TPSA) is 63.2 Å². The third-order valence-corrected chi connectivity index (χ3v) is 6.39. The van der Waals surface area contributed by atoms with Crippen LogP contribution in [0, 0.1) is 0 Å². The number of alkyl halides is 1. The van der Waals surface area contributed by atoms with E-state index in [2.05, 4.69) is 21.2 Å². The van der Waals surface area contributed by atoms with Crippen LogP contribution in [0.3, 0.4) is 0 Å². The highest BCUT2D eigenvalue weighted by molar-refractivity contribution is 9.11. The van der Waals surface area contributed by atoms with Crippen molar-refractivity contribution in [2.45, 2.75) is 11.4 Å². The highest BCUT2D eigenvalue weighted by atomic mass is 79.9. The summed E-state index contributed by atoms with van der Waals surface area (Å²) in [4.78, 5) is 12.3. The summed E-state index contributed by atoms with van der Waals surface area (Å²) in [6.07, 6.45) is 0. The maximum absolute atomic E-state index is 11.8. The van der Waals surface area contributed by atoms with Gasteiger partial charge in [-0.05, 0) is 28.1 Å². The van der Waals surface area contributed by atoms with Crippen molar-refractivity contribution in [2.24, 2.45) is 0 Å². The molecule has 0 aromatic carbocycles. The molecule has 1 amide bonds. The molecule has 1 aromatic rings. The average Bonchev–Trinajstić information content (AvgIpc) is 2.71. The van der Waals surface area contributed by atoms with Crippen molar-refractivity contribution in [2.75, 3.05) is 11.5 Å². The van der Waals surface area contributed by atoms with Crippen molar-refractivity contribution in [3.8, 4) is 0 Å². The van der Waals surface area contributed by atoms with E-state index < -0.39 is 21.3 Å². The van der Waals surface area contributed by atoms with Crippen molar-refractivity contribution >= 4 is 54.6 Å². The second-order valence-electron chi connectivity index (χ2n) is 3.78. The number of hydrogen-bond donors (Lipinski definition) is 1. The molecule has 0 spiro atoms. The number of nitrogens with one attached hydrogen (secondary N) is 1. The summed E-state index contributed by atoms with van der Waals surface area (Å²) in [5, 5.41) is 2.10. The molecule has 0 bridgehead atoms. The molecular formula is C9H9BrClNO3S2. The van der Waals surface area contributed by atoms with Crippen LogP contribution in [0.25, 0.3) is 0 Å². The van der Waals surface area contributed by atoms with Crippen LogP contribution in [0.1, 0.15) is 9.67 Å². The number of sulfone groups is 1. The summed E-state index contributed by atoms with van der Waals surface area (Å²) in [5.41, 5.74) is 0. The minimum Gasteiger partial charge on any atom is -0.346 e. The molecule has 2 atom stereocenters. The van der Waals surface area contributed by atoms with Gasteiger partial charge >= 0.3 is 0 Å². The maximum atomic E-state index is 11.8. The van der Waals surface area contributed by atoms with E-state index in [9.17, 15) is 13.2 Å². The number of amides is 1. The SMILES string of the molecule is O=C(NC1CS(=O)(=O)CC1Cl)c1ccc(Br)s1. The van der Waals surface area contributed by atoms with E-state index in [1.165, 1.54) is 11.3 Å². The minimum atomic E-state index is -3.12. The largest absolute Gasteiger partial charge is 0.346 e. The van der Waals surface area contributed by atoms with E-state index in [0.29, 0.717) is 4.88 Å². The Balaban J connectivity index is 2.05. The zero-order valence-electron chi connectivity index (χ0n) is 8.52. The van der Waals surface area contributed by atoms with Crippen LogP contribution in [-0.2, 0) is 9.84 Å². The molecule has 1 saturated heterocycles. The Bertz CT molecular complexity index is 542. The summed E-state index contributed by atoms with van der Waals surface area (Å²) in [6, 6.07) is 2.94. The smallest absolute Gasteiger partial charge is 0.261 e. The molecule has 94 valence electrons. The molecule has 17 heavy (non-hydrogen) atoms. The molecule has 1 aromatic heterocycles. The second kappa shape index (κ2) is 4.87. The highest BCUT2D eigenvalue weighted by Gasteiger charge is 2.37. The van der Waals surface area contributed by atoms with Crippen LogP contribution in [0.2, 0.25) is 0 Å². The van der Waals surface area contributed by atoms with Crippen LogP contribution >= 0.6 is 38.9 Å². The third-order valence-electron chi connectivity index (χ3n) is 2.40. The van der Waals surface area contributed by atoms with Crippen molar-refractivity contribution in [1.82, 2.24) is 5.32 Å². The average molecular weight is 359 g/mol. The van der Waals surface area contributed by atoms with Gasteiger partial charge in [-0.3, -0.25) is 4.79 Å². The summed E-state index contributed by atoms with van der Waals surface area (Å²) < 4.78 is 23.5. The molecule has 8 heteroatoms. The standard InChI is InChI=1S/C9H9BrClNO3S2/c10-8-2-1-7(16-8)9(13)12-6-4-17(14,15)3-5(6)11/h1-2,5-6H,3-4H2,(H,12,13). The number of carbonyl (C=O) groups excluding carboxylic acids is 1. The van der Waals surface area contributed by atoms with E-state index >= 15 is 0 Å². The summed E-state index contributed by atoms with van der Waals surface area (Å²) >= 11 is 10.5. The Kier molecular flexibility index (Phi) is 3.82. The van der Waals surface area contributed by atoms with Gasteiger partial charge in [0.2, 0.25) is 0 Å². The van der Waals surface area contributed by atoms with Crippen molar-refractivity contribution in [3.05, 3.63) is 20.8 Å². The normalized spacial score (nSPS) is 26.9. The van der Waals surface area contributed by atoms with Crippen molar-refractivity contribution in [1.29, 1.82) is 0 Å². The Morgan fingerprint density at radius 2 is 2.18 bits per heavy atom. The summed E-state index contributed by atoms with van der Waals surface area (Å²) in [7, 11) is -3.12. The molecule has 0 saturated carbocycles. The van der Waals surface area contributed by atoms with Gasteiger partial charge in [0, 0.05) is 0 Å². The molecule has 4 nitrogen and oxygen atoms in total. The van der Waals surface area contributed by atoms with Gasteiger partial charge in [0.25, 0.3) is 5.91 Å². The van der Waals surface area contributed by atoms with Gasteiger partial charge < -0.3 is 5.32 Å². The maximum Gasteiger partial charge on any atom is 0.261 e. The quantitative estimate of drug-likeness (QED) is 0.818. The summed E-state index contributed by atoms with van der Waals surface area (Å²) in [5.74, 6) is -0.443. The fourth-order valence-electron chi connectivity index (χ4n) is 1.61. The number of rotatable bonds is 2. The lowest BCUT2D eigenvalue weighted by molar-refractivity contribution is 0.0945. The second-order valence-corrected chi connectivity index (χ2v) is 8.95. The molecule has 2 heterocycles. The van der Waals surface area contributed by atoms with Gasteiger partial charge in [0.15, 0.2) is 9.84 Å². The Morgan fingerprint density at radius 3 is 2.65 bits per heavy atom. The van der Waals surface area contributed by atoms with Gasteiger partial charge in [-0.1, -0.05) is 0 Å². The number of halogens is 2. The number of carbonyl (C=O) groups is 1. The van der Waals surface area contributed by atoms with Gasteiger partial charge in [0.05, 0.1) is 31.6 Å². The lowest BCUT2D eigenvalue weighted by Crippen LogP contribution is -2.40. The van der Waals surface area contributed by atoms with E-state index in [4.69, 9.17) is 11.6 Å². The molecule has 0 aliphatic carbocycles. The molecule has 1 fully saturated rings.